The van der Waals surface area contributed by atoms with Crippen molar-refractivity contribution in [1.29, 1.82) is 0 Å². The molecule has 0 aliphatic rings. The van der Waals surface area contributed by atoms with E-state index in [1.54, 1.807) is 16.7 Å². The Hall–Kier alpha value is -2.35. The standard InChI is InChI=1S/C13H15N3O4S/c1-3-16-8-12(14-9-16)21(18,19)15-11-7-5-4-6-10(11)13(17)20-2/h4-9,15H,3H2,1-2H3. The molecule has 0 saturated carbocycles. The Balaban J connectivity index is 2.35. The summed E-state index contributed by atoms with van der Waals surface area (Å²) >= 11 is 0. The van der Waals surface area contributed by atoms with E-state index in [9.17, 15) is 13.2 Å². The molecule has 0 saturated heterocycles. The number of hydrogen-bond donors (Lipinski definition) is 1. The third kappa shape index (κ3) is 3.22. The van der Waals surface area contributed by atoms with Crippen molar-refractivity contribution in [2.24, 2.45) is 0 Å². The average molecular weight is 309 g/mol. The smallest absolute Gasteiger partial charge is 0.339 e. The van der Waals surface area contributed by atoms with E-state index >= 15 is 0 Å². The second-order valence-corrected chi connectivity index (χ2v) is 5.81. The maximum Gasteiger partial charge on any atom is 0.339 e. The fourth-order valence-corrected chi connectivity index (χ4v) is 2.74. The van der Waals surface area contributed by atoms with Crippen LogP contribution >= 0.6 is 0 Å². The van der Waals surface area contributed by atoms with Crippen molar-refractivity contribution in [1.82, 2.24) is 9.55 Å². The lowest BCUT2D eigenvalue weighted by molar-refractivity contribution is 0.0602. The zero-order valence-electron chi connectivity index (χ0n) is 11.6. The molecular formula is C13H15N3O4S. The van der Waals surface area contributed by atoms with E-state index in [4.69, 9.17) is 0 Å². The highest BCUT2D eigenvalue weighted by Gasteiger charge is 2.20. The molecule has 0 aliphatic heterocycles. The van der Waals surface area contributed by atoms with Gasteiger partial charge in [-0.1, -0.05) is 12.1 Å². The Labute approximate surface area is 122 Å². The maximum atomic E-state index is 12.3. The quantitative estimate of drug-likeness (QED) is 0.845. The van der Waals surface area contributed by atoms with Gasteiger partial charge in [0.2, 0.25) is 0 Å². The Bertz CT molecular complexity index is 752. The lowest BCUT2D eigenvalue weighted by Crippen LogP contribution is -2.16. The number of para-hydroxylation sites is 1. The van der Waals surface area contributed by atoms with Gasteiger partial charge in [-0.15, -0.1) is 0 Å². The summed E-state index contributed by atoms with van der Waals surface area (Å²) < 4.78 is 33.1. The number of aromatic nitrogens is 2. The van der Waals surface area contributed by atoms with Gasteiger partial charge in [0.1, 0.15) is 0 Å². The summed E-state index contributed by atoms with van der Waals surface area (Å²) in [5.74, 6) is -0.618. The van der Waals surface area contributed by atoms with Gasteiger partial charge < -0.3 is 9.30 Å². The summed E-state index contributed by atoms with van der Waals surface area (Å²) in [6.07, 6.45) is 2.85. The molecule has 0 bridgehead atoms. The summed E-state index contributed by atoms with van der Waals surface area (Å²) in [4.78, 5) is 15.5. The molecule has 0 spiro atoms. The summed E-state index contributed by atoms with van der Waals surface area (Å²) in [5.41, 5.74) is 0.286. The molecule has 2 aromatic rings. The number of rotatable bonds is 5. The van der Waals surface area contributed by atoms with Gasteiger partial charge in [-0.2, -0.15) is 8.42 Å². The van der Waals surface area contributed by atoms with Crippen molar-refractivity contribution in [3.8, 4) is 0 Å². The van der Waals surface area contributed by atoms with Gasteiger partial charge in [0, 0.05) is 12.7 Å². The molecular weight excluding hydrogens is 294 g/mol. The number of nitrogens with zero attached hydrogens (tertiary/aromatic N) is 2. The van der Waals surface area contributed by atoms with Crippen LogP contribution in [0.15, 0.2) is 41.8 Å². The summed E-state index contributed by atoms with van der Waals surface area (Å²) in [5, 5.41) is -0.107. The molecule has 8 heteroatoms. The number of carbonyl (C=O) groups is 1. The topological polar surface area (TPSA) is 90.3 Å². The molecule has 0 atom stereocenters. The van der Waals surface area contributed by atoms with Crippen LogP contribution in [-0.4, -0.2) is 31.0 Å². The zero-order valence-corrected chi connectivity index (χ0v) is 12.4. The first kappa shape index (κ1) is 15.0. The Morgan fingerprint density at radius 2 is 2.10 bits per heavy atom. The lowest BCUT2D eigenvalue weighted by Gasteiger charge is -2.09. The first-order valence-electron chi connectivity index (χ1n) is 6.20. The highest BCUT2D eigenvalue weighted by atomic mass is 32.2. The Morgan fingerprint density at radius 3 is 2.71 bits per heavy atom. The van der Waals surface area contributed by atoms with Crippen molar-refractivity contribution >= 4 is 21.7 Å². The molecule has 0 radical (unpaired) electrons. The van der Waals surface area contributed by atoms with Crippen LogP contribution in [0.3, 0.4) is 0 Å². The van der Waals surface area contributed by atoms with Gasteiger partial charge in [-0.3, -0.25) is 4.72 Å². The molecule has 7 nitrogen and oxygen atoms in total. The third-order valence-corrected chi connectivity index (χ3v) is 4.08. The third-order valence-electron chi connectivity index (χ3n) is 2.83. The molecule has 0 fully saturated rings. The molecule has 0 aliphatic carbocycles. The number of hydrogen-bond acceptors (Lipinski definition) is 5. The molecule has 0 amide bonds. The number of sulfonamides is 1. The molecule has 1 N–H and O–H groups in total. The number of aryl methyl sites for hydroxylation is 1. The highest BCUT2D eigenvalue weighted by molar-refractivity contribution is 7.92. The minimum absolute atomic E-state index is 0.107. The minimum atomic E-state index is -3.86. The van der Waals surface area contributed by atoms with Crippen LogP contribution in [0.4, 0.5) is 5.69 Å². The van der Waals surface area contributed by atoms with E-state index in [1.807, 2.05) is 6.92 Å². The normalized spacial score (nSPS) is 11.1. The van der Waals surface area contributed by atoms with Crippen molar-refractivity contribution in [2.75, 3.05) is 11.8 Å². The number of anilines is 1. The van der Waals surface area contributed by atoms with E-state index in [1.165, 1.54) is 31.8 Å². The second kappa shape index (κ2) is 5.96. The van der Waals surface area contributed by atoms with E-state index in [0.717, 1.165) is 0 Å². The number of imidazole rings is 1. The number of benzene rings is 1. The van der Waals surface area contributed by atoms with Crippen molar-refractivity contribution in [2.45, 2.75) is 18.5 Å². The predicted octanol–water partition coefficient (Wildman–Crippen LogP) is 1.49. The van der Waals surface area contributed by atoms with Crippen LogP contribution in [0.2, 0.25) is 0 Å². The largest absolute Gasteiger partial charge is 0.465 e. The van der Waals surface area contributed by atoms with Gasteiger partial charge in [0.15, 0.2) is 5.03 Å². The van der Waals surface area contributed by atoms with Crippen molar-refractivity contribution in [3.63, 3.8) is 0 Å². The SMILES string of the molecule is CCn1cnc(S(=O)(=O)Nc2ccccc2C(=O)OC)c1. The fourth-order valence-electron chi connectivity index (χ4n) is 1.71. The second-order valence-electron chi connectivity index (χ2n) is 4.19. The van der Waals surface area contributed by atoms with Crippen LogP contribution in [0.1, 0.15) is 17.3 Å². The van der Waals surface area contributed by atoms with E-state index in [0.29, 0.717) is 6.54 Å². The molecule has 1 aromatic carbocycles. The first-order chi connectivity index (χ1) is 9.97. The maximum absolute atomic E-state index is 12.3. The van der Waals surface area contributed by atoms with Gasteiger partial charge >= 0.3 is 5.97 Å². The van der Waals surface area contributed by atoms with E-state index in [-0.39, 0.29) is 16.3 Å². The van der Waals surface area contributed by atoms with Gasteiger partial charge in [0.05, 0.1) is 24.7 Å². The molecule has 1 aromatic heterocycles. The highest BCUT2D eigenvalue weighted by Crippen LogP contribution is 2.20. The Morgan fingerprint density at radius 1 is 1.38 bits per heavy atom. The predicted molar refractivity (Wildman–Crippen MR) is 76.5 cm³/mol. The Kier molecular flexibility index (Phi) is 4.27. The molecule has 2 rings (SSSR count). The fraction of sp³-hybridized carbons (Fsp3) is 0.231. The summed E-state index contributed by atoms with van der Waals surface area (Å²) in [7, 11) is -2.62. The number of nitrogens with one attached hydrogen (secondary N) is 1. The molecule has 112 valence electrons. The molecule has 1 heterocycles. The van der Waals surface area contributed by atoms with Crippen LogP contribution < -0.4 is 4.72 Å². The number of methoxy groups -OCH3 is 1. The van der Waals surface area contributed by atoms with E-state index in [2.05, 4.69) is 14.4 Å². The van der Waals surface area contributed by atoms with Crippen LogP contribution in [-0.2, 0) is 21.3 Å². The van der Waals surface area contributed by atoms with Gasteiger partial charge in [0.25, 0.3) is 10.0 Å². The lowest BCUT2D eigenvalue weighted by atomic mass is 10.2. The number of ether oxygens (including phenoxy) is 1. The molecule has 21 heavy (non-hydrogen) atoms. The first-order valence-corrected chi connectivity index (χ1v) is 7.68. The zero-order chi connectivity index (χ0) is 15.5. The monoisotopic (exact) mass is 309 g/mol. The van der Waals surface area contributed by atoms with E-state index < -0.39 is 16.0 Å². The average Bonchev–Trinajstić information content (AvgIpc) is 2.96. The van der Waals surface area contributed by atoms with Crippen LogP contribution in [0, 0.1) is 0 Å². The number of esters is 1. The van der Waals surface area contributed by atoms with Crippen LogP contribution in [0.25, 0.3) is 0 Å². The van der Waals surface area contributed by atoms with Gasteiger partial charge in [-0.05, 0) is 19.1 Å². The number of carbonyl (C=O) groups excluding carboxylic acids is 1. The van der Waals surface area contributed by atoms with Crippen molar-refractivity contribution < 1.29 is 17.9 Å². The molecule has 0 unspecified atom stereocenters. The summed E-state index contributed by atoms with van der Waals surface area (Å²) in [6, 6.07) is 6.21. The van der Waals surface area contributed by atoms with Crippen molar-refractivity contribution in [3.05, 3.63) is 42.4 Å². The minimum Gasteiger partial charge on any atom is -0.465 e. The van der Waals surface area contributed by atoms with Gasteiger partial charge in [-0.25, -0.2) is 9.78 Å². The van der Waals surface area contributed by atoms with Crippen LogP contribution in [0.5, 0.6) is 0 Å². The summed E-state index contributed by atoms with van der Waals surface area (Å²) in [6.45, 7) is 2.49.